The second-order valence-electron chi connectivity index (χ2n) is 4.96. The Bertz CT molecular complexity index is 918. The van der Waals surface area contributed by atoms with Crippen molar-refractivity contribution in [1.29, 1.82) is 5.26 Å². The van der Waals surface area contributed by atoms with Crippen LogP contribution in [0, 0.1) is 11.3 Å². The molecule has 0 saturated heterocycles. The van der Waals surface area contributed by atoms with Crippen molar-refractivity contribution in [3.8, 4) is 17.5 Å². The second kappa shape index (κ2) is 5.42. The molecule has 0 amide bonds. The molecule has 0 aliphatic heterocycles. The molecule has 3 aromatic rings. The molecule has 0 aliphatic carbocycles. The van der Waals surface area contributed by atoms with Crippen LogP contribution in [-0.4, -0.2) is 20.6 Å². The molecule has 7 nitrogen and oxygen atoms in total. The van der Waals surface area contributed by atoms with Gasteiger partial charge in [-0.3, -0.25) is 4.57 Å². The smallest absolute Gasteiger partial charge is 0.408 e. The van der Waals surface area contributed by atoms with Gasteiger partial charge in [-0.25, -0.2) is 14.8 Å². The summed E-state index contributed by atoms with van der Waals surface area (Å²) >= 11 is 0. The van der Waals surface area contributed by atoms with Crippen molar-refractivity contribution in [2.45, 2.75) is 12.5 Å². The Balaban J connectivity index is 1.95. The van der Waals surface area contributed by atoms with Crippen molar-refractivity contribution in [1.82, 2.24) is 14.5 Å². The Morgan fingerprint density at radius 3 is 2.82 bits per heavy atom. The standard InChI is InChI=1S/C15H13N5O2/c1-20-12-5-10(2-3-13(12)22-15(20)21)14-18-7-9(8-19-14)4-11(17)6-16/h2-3,5,7-8,11H,4,17H2,1H3. The number of nitrogens with zero attached hydrogens (tertiary/aromatic N) is 4. The zero-order chi connectivity index (χ0) is 15.7. The lowest BCUT2D eigenvalue weighted by molar-refractivity contribution is 0.528. The average molecular weight is 295 g/mol. The topological polar surface area (TPSA) is 111 Å². The first-order valence-corrected chi connectivity index (χ1v) is 6.64. The Kier molecular flexibility index (Phi) is 3.45. The molecule has 1 aromatic carbocycles. The van der Waals surface area contributed by atoms with E-state index in [9.17, 15) is 4.79 Å². The van der Waals surface area contributed by atoms with E-state index in [0.29, 0.717) is 23.3 Å². The summed E-state index contributed by atoms with van der Waals surface area (Å²) in [5, 5.41) is 8.70. The van der Waals surface area contributed by atoms with E-state index in [1.165, 1.54) is 4.57 Å². The SMILES string of the molecule is Cn1c(=O)oc2ccc(-c3ncc(CC(N)C#N)cn3)cc21. The lowest BCUT2D eigenvalue weighted by atomic mass is 10.1. The summed E-state index contributed by atoms with van der Waals surface area (Å²) in [7, 11) is 1.64. The highest BCUT2D eigenvalue weighted by atomic mass is 16.4. The van der Waals surface area contributed by atoms with Crippen molar-refractivity contribution in [3.63, 3.8) is 0 Å². The van der Waals surface area contributed by atoms with E-state index in [1.807, 2.05) is 6.07 Å². The lowest BCUT2D eigenvalue weighted by Gasteiger charge is -2.04. The number of oxazole rings is 1. The van der Waals surface area contributed by atoms with E-state index >= 15 is 0 Å². The Morgan fingerprint density at radius 1 is 1.41 bits per heavy atom. The van der Waals surface area contributed by atoms with Crippen molar-refractivity contribution >= 4 is 11.1 Å². The van der Waals surface area contributed by atoms with Crippen LogP contribution in [0.1, 0.15) is 5.56 Å². The molecule has 1 unspecified atom stereocenters. The largest absolute Gasteiger partial charge is 0.419 e. The van der Waals surface area contributed by atoms with E-state index in [4.69, 9.17) is 15.4 Å². The predicted molar refractivity (Wildman–Crippen MR) is 79.8 cm³/mol. The molecule has 2 aromatic heterocycles. The minimum absolute atomic E-state index is 0.408. The zero-order valence-corrected chi connectivity index (χ0v) is 11.9. The fraction of sp³-hybridized carbons (Fsp3) is 0.200. The summed E-state index contributed by atoms with van der Waals surface area (Å²) in [6, 6.07) is 6.72. The molecule has 2 N–H and O–H groups in total. The monoisotopic (exact) mass is 295 g/mol. The van der Waals surface area contributed by atoms with Crippen LogP contribution >= 0.6 is 0 Å². The van der Waals surface area contributed by atoms with Crippen molar-refractivity contribution < 1.29 is 4.42 Å². The van der Waals surface area contributed by atoms with Crippen LogP contribution in [-0.2, 0) is 13.5 Å². The number of hydrogen-bond donors (Lipinski definition) is 1. The zero-order valence-electron chi connectivity index (χ0n) is 11.9. The molecule has 0 bridgehead atoms. The summed E-state index contributed by atoms with van der Waals surface area (Å²) in [6.45, 7) is 0. The van der Waals surface area contributed by atoms with Gasteiger partial charge in [0.15, 0.2) is 11.4 Å². The molecule has 1 atom stereocenters. The Hall–Kier alpha value is -2.98. The minimum atomic E-state index is -0.564. The predicted octanol–water partition coefficient (Wildman–Crippen LogP) is 0.982. The third kappa shape index (κ3) is 2.47. The number of hydrogen-bond acceptors (Lipinski definition) is 6. The van der Waals surface area contributed by atoms with Gasteiger partial charge in [0.1, 0.15) is 0 Å². The number of aryl methyl sites for hydroxylation is 1. The van der Waals surface area contributed by atoms with Crippen LogP contribution in [0.2, 0.25) is 0 Å². The van der Waals surface area contributed by atoms with E-state index in [1.54, 1.807) is 37.6 Å². The van der Waals surface area contributed by atoms with Gasteiger partial charge in [0.2, 0.25) is 0 Å². The normalized spacial score (nSPS) is 12.2. The lowest BCUT2D eigenvalue weighted by Crippen LogP contribution is -2.20. The number of nitriles is 1. The van der Waals surface area contributed by atoms with Crippen LogP contribution in [0.4, 0.5) is 0 Å². The first-order chi connectivity index (χ1) is 10.6. The minimum Gasteiger partial charge on any atom is -0.408 e. The molecule has 0 fully saturated rings. The van der Waals surface area contributed by atoms with Crippen molar-refractivity contribution in [2.75, 3.05) is 0 Å². The first kappa shape index (κ1) is 14.0. The van der Waals surface area contributed by atoms with E-state index in [0.717, 1.165) is 11.1 Å². The van der Waals surface area contributed by atoms with Gasteiger partial charge >= 0.3 is 5.76 Å². The fourth-order valence-corrected chi connectivity index (χ4v) is 2.17. The van der Waals surface area contributed by atoms with Crippen LogP contribution in [0.3, 0.4) is 0 Å². The number of benzene rings is 1. The quantitative estimate of drug-likeness (QED) is 0.771. The molecule has 110 valence electrons. The summed E-state index contributed by atoms with van der Waals surface area (Å²) in [4.78, 5) is 20.1. The molecular formula is C15H13N5O2. The van der Waals surface area contributed by atoms with Gasteiger partial charge in [0, 0.05) is 31.4 Å². The maximum absolute atomic E-state index is 11.5. The molecular weight excluding hydrogens is 282 g/mol. The number of fused-ring (bicyclic) bond motifs is 1. The molecule has 3 rings (SSSR count). The number of nitrogens with two attached hydrogens (primary N) is 1. The van der Waals surface area contributed by atoms with Gasteiger partial charge in [-0.05, 0) is 23.8 Å². The van der Waals surface area contributed by atoms with Crippen molar-refractivity contribution in [3.05, 3.63) is 46.7 Å². The van der Waals surface area contributed by atoms with Gasteiger partial charge in [0.05, 0.1) is 17.6 Å². The summed E-state index contributed by atoms with van der Waals surface area (Å²) in [5.74, 6) is 0.124. The van der Waals surface area contributed by atoms with E-state index in [-0.39, 0.29) is 0 Å². The van der Waals surface area contributed by atoms with Crippen molar-refractivity contribution in [2.24, 2.45) is 12.8 Å². The van der Waals surface area contributed by atoms with Gasteiger partial charge in [-0.15, -0.1) is 0 Å². The fourth-order valence-electron chi connectivity index (χ4n) is 2.17. The highest BCUT2D eigenvalue weighted by Crippen LogP contribution is 2.21. The maximum atomic E-state index is 11.5. The van der Waals surface area contributed by atoms with E-state index < -0.39 is 11.8 Å². The first-order valence-electron chi connectivity index (χ1n) is 6.64. The number of rotatable bonds is 3. The van der Waals surface area contributed by atoms with Gasteiger partial charge in [-0.2, -0.15) is 5.26 Å². The molecule has 0 aliphatic rings. The Labute approximate surface area is 125 Å². The maximum Gasteiger partial charge on any atom is 0.419 e. The van der Waals surface area contributed by atoms with Crippen LogP contribution < -0.4 is 11.5 Å². The molecule has 2 heterocycles. The summed E-state index contributed by atoms with van der Waals surface area (Å²) in [5.41, 5.74) is 8.36. The molecule has 0 saturated carbocycles. The second-order valence-corrected chi connectivity index (χ2v) is 4.96. The molecule has 22 heavy (non-hydrogen) atoms. The molecule has 0 spiro atoms. The summed E-state index contributed by atoms with van der Waals surface area (Å²) < 4.78 is 6.52. The van der Waals surface area contributed by atoms with Gasteiger partial charge in [-0.1, -0.05) is 0 Å². The summed E-state index contributed by atoms with van der Waals surface area (Å²) in [6.07, 6.45) is 3.71. The molecule has 0 radical (unpaired) electrons. The third-order valence-corrected chi connectivity index (χ3v) is 3.38. The van der Waals surface area contributed by atoms with Crippen LogP contribution in [0.5, 0.6) is 0 Å². The third-order valence-electron chi connectivity index (χ3n) is 3.38. The highest BCUT2D eigenvalue weighted by Gasteiger charge is 2.09. The van der Waals surface area contributed by atoms with Gasteiger partial charge in [0.25, 0.3) is 0 Å². The van der Waals surface area contributed by atoms with Gasteiger partial charge < -0.3 is 10.2 Å². The van der Waals surface area contributed by atoms with E-state index in [2.05, 4.69) is 9.97 Å². The van der Waals surface area contributed by atoms with Crippen LogP contribution in [0.25, 0.3) is 22.5 Å². The number of aromatic nitrogens is 3. The molecule has 7 heteroatoms. The van der Waals surface area contributed by atoms with Crippen LogP contribution in [0.15, 0.2) is 39.8 Å². The highest BCUT2D eigenvalue weighted by molar-refractivity contribution is 5.78. The average Bonchev–Trinajstić information content (AvgIpc) is 2.82. The Morgan fingerprint density at radius 2 is 2.14 bits per heavy atom.